The van der Waals surface area contributed by atoms with Crippen molar-refractivity contribution in [1.29, 1.82) is 0 Å². The molecule has 100 valence electrons. The smallest absolute Gasteiger partial charge is 0.142 e. The maximum Gasteiger partial charge on any atom is 0.142 e. The zero-order valence-corrected chi connectivity index (χ0v) is 11.5. The number of hydrogen-bond donors (Lipinski definition) is 1. The van der Waals surface area contributed by atoms with Gasteiger partial charge >= 0.3 is 0 Å². The van der Waals surface area contributed by atoms with Crippen LogP contribution in [0.3, 0.4) is 0 Å². The highest BCUT2D eigenvalue weighted by atomic mass is 35.5. The molecule has 2 aromatic rings. The Hall–Kier alpha value is -1.29. The van der Waals surface area contributed by atoms with Crippen molar-refractivity contribution >= 4 is 23.2 Å². The Morgan fingerprint density at radius 3 is 2.37 bits per heavy atom. The van der Waals surface area contributed by atoms with E-state index in [4.69, 9.17) is 33.7 Å². The van der Waals surface area contributed by atoms with Gasteiger partial charge in [-0.25, -0.2) is 4.39 Å². The first-order valence-electron chi connectivity index (χ1n) is 5.67. The summed E-state index contributed by atoms with van der Waals surface area (Å²) in [5.41, 5.74) is 6.59. The lowest BCUT2D eigenvalue weighted by Gasteiger charge is -2.18. The van der Waals surface area contributed by atoms with E-state index in [0.717, 1.165) is 5.56 Å². The summed E-state index contributed by atoms with van der Waals surface area (Å²) in [5.74, 6) is -0.0124. The minimum atomic E-state index is -0.482. The average molecular weight is 300 g/mol. The van der Waals surface area contributed by atoms with Crippen molar-refractivity contribution in [2.45, 2.75) is 6.10 Å². The third kappa shape index (κ3) is 3.60. The summed E-state index contributed by atoms with van der Waals surface area (Å²) in [6.07, 6.45) is -0.334. The van der Waals surface area contributed by atoms with Gasteiger partial charge in [-0.3, -0.25) is 0 Å². The van der Waals surface area contributed by atoms with Gasteiger partial charge in [0.1, 0.15) is 17.7 Å². The van der Waals surface area contributed by atoms with Gasteiger partial charge in [0.15, 0.2) is 0 Å². The van der Waals surface area contributed by atoms with Gasteiger partial charge in [-0.2, -0.15) is 0 Å². The third-order valence-electron chi connectivity index (χ3n) is 2.63. The van der Waals surface area contributed by atoms with Gasteiger partial charge < -0.3 is 10.5 Å². The molecule has 0 aliphatic carbocycles. The highest BCUT2D eigenvalue weighted by Crippen LogP contribution is 2.26. The molecule has 0 aliphatic heterocycles. The molecule has 0 amide bonds. The molecule has 0 fully saturated rings. The Morgan fingerprint density at radius 2 is 1.79 bits per heavy atom. The number of benzene rings is 2. The lowest BCUT2D eigenvalue weighted by molar-refractivity contribution is 0.214. The Labute approximate surface area is 120 Å². The Morgan fingerprint density at radius 1 is 1.11 bits per heavy atom. The van der Waals surface area contributed by atoms with Crippen molar-refractivity contribution in [3.05, 3.63) is 63.9 Å². The number of hydrogen-bond acceptors (Lipinski definition) is 2. The molecule has 1 atom stereocenters. The van der Waals surface area contributed by atoms with Crippen molar-refractivity contribution < 1.29 is 9.13 Å². The SMILES string of the molecule is NCC(Oc1ccc(F)c(Cl)c1)c1ccc(Cl)cc1. The first kappa shape index (κ1) is 14.1. The molecule has 1 unspecified atom stereocenters. The predicted octanol–water partition coefficient (Wildman–Crippen LogP) is 4.21. The van der Waals surface area contributed by atoms with Crippen LogP contribution in [0.4, 0.5) is 4.39 Å². The lowest BCUT2D eigenvalue weighted by atomic mass is 10.1. The monoisotopic (exact) mass is 299 g/mol. The fourth-order valence-electron chi connectivity index (χ4n) is 1.64. The normalized spacial score (nSPS) is 12.2. The van der Waals surface area contributed by atoms with Crippen LogP contribution in [0.5, 0.6) is 5.75 Å². The van der Waals surface area contributed by atoms with Crippen LogP contribution in [0.25, 0.3) is 0 Å². The second-order valence-corrected chi connectivity index (χ2v) is 4.81. The van der Waals surface area contributed by atoms with E-state index < -0.39 is 5.82 Å². The maximum atomic E-state index is 13.1. The van der Waals surface area contributed by atoms with Gasteiger partial charge in [-0.1, -0.05) is 35.3 Å². The molecule has 2 N–H and O–H groups in total. The number of halogens is 3. The summed E-state index contributed by atoms with van der Waals surface area (Å²) in [7, 11) is 0. The first-order valence-corrected chi connectivity index (χ1v) is 6.43. The average Bonchev–Trinajstić information content (AvgIpc) is 2.41. The second-order valence-electron chi connectivity index (χ2n) is 3.97. The van der Waals surface area contributed by atoms with Crippen LogP contribution in [-0.4, -0.2) is 6.54 Å². The standard InChI is InChI=1S/C14H12Cl2FNO/c15-10-3-1-9(2-4-10)14(8-18)19-11-5-6-13(17)12(16)7-11/h1-7,14H,8,18H2. The van der Waals surface area contributed by atoms with Crippen LogP contribution >= 0.6 is 23.2 Å². The van der Waals surface area contributed by atoms with Gasteiger partial charge in [0.05, 0.1) is 5.02 Å². The Kier molecular flexibility index (Phi) is 4.64. The van der Waals surface area contributed by atoms with E-state index in [2.05, 4.69) is 0 Å². The zero-order valence-electron chi connectivity index (χ0n) is 9.95. The maximum absolute atomic E-state index is 13.1. The van der Waals surface area contributed by atoms with E-state index in [1.54, 1.807) is 12.1 Å². The highest BCUT2D eigenvalue weighted by molar-refractivity contribution is 6.31. The van der Waals surface area contributed by atoms with Crippen LogP contribution < -0.4 is 10.5 Å². The molecule has 0 spiro atoms. The lowest BCUT2D eigenvalue weighted by Crippen LogP contribution is -2.18. The van der Waals surface area contributed by atoms with E-state index in [0.29, 0.717) is 10.8 Å². The molecule has 2 aromatic carbocycles. The first-order chi connectivity index (χ1) is 9.10. The van der Waals surface area contributed by atoms with Gasteiger partial charge in [-0.15, -0.1) is 0 Å². The summed E-state index contributed by atoms with van der Waals surface area (Å²) in [5, 5.41) is 0.661. The summed E-state index contributed by atoms with van der Waals surface area (Å²) in [6, 6.07) is 11.4. The molecule has 0 bridgehead atoms. The van der Waals surface area contributed by atoms with E-state index in [-0.39, 0.29) is 17.7 Å². The summed E-state index contributed by atoms with van der Waals surface area (Å²) >= 11 is 11.5. The van der Waals surface area contributed by atoms with Gasteiger partial charge in [0.25, 0.3) is 0 Å². The van der Waals surface area contributed by atoms with E-state index >= 15 is 0 Å². The van der Waals surface area contributed by atoms with Crippen LogP contribution in [0.15, 0.2) is 42.5 Å². The van der Waals surface area contributed by atoms with Crippen LogP contribution in [-0.2, 0) is 0 Å². The van der Waals surface area contributed by atoms with Crippen LogP contribution in [0.1, 0.15) is 11.7 Å². The molecular weight excluding hydrogens is 288 g/mol. The molecule has 19 heavy (non-hydrogen) atoms. The minimum absolute atomic E-state index is 0.0179. The van der Waals surface area contributed by atoms with Gasteiger partial charge in [0.2, 0.25) is 0 Å². The molecule has 5 heteroatoms. The van der Waals surface area contributed by atoms with E-state index in [1.807, 2.05) is 12.1 Å². The van der Waals surface area contributed by atoms with Crippen LogP contribution in [0.2, 0.25) is 10.0 Å². The van der Waals surface area contributed by atoms with Crippen molar-refractivity contribution in [1.82, 2.24) is 0 Å². The fourth-order valence-corrected chi connectivity index (χ4v) is 1.94. The highest BCUT2D eigenvalue weighted by Gasteiger charge is 2.12. The van der Waals surface area contributed by atoms with Crippen molar-refractivity contribution in [2.75, 3.05) is 6.54 Å². The Balaban J connectivity index is 2.18. The van der Waals surface area contributed by atoms with Gasteiger partial charge in [0, 0.05) is 17.6 Å². The topological polar surface area (TPSA) is 35.2 Å². The predicted molar refractivity (Wildman–Crippen MR) is 75.3 cm³/mol. The largest absolute Gasteiger partial charge is 0.484 e. The number of nitrogens with two attached hydrogens (primary N) is 1. The molecule has 2 rings (SSSR count). The molecule has 0 aromatic heterocycles. The molecule has 0 heterocycles. The minimum Gasteiger partial charge on any atom is -0.484 e. The molecule has 0 aliphatic rings. The van der Waals surface area contributed by atoms with E-state index in [9.17, 15) is 4.39 Å². The third-order valence-corrected chi connectivity index (χ3v) is 3.17. The zero-order chi connectivity index (χ0) is 13.8. The molecule has 0 radical (unpaired) electrons. The summed E-state index contributed by atoms with van der Waals surface area (Å²) in [6.45, 7) is 0.288. The number of rotatable bonds is 4. The quantitative estimate of drug-likeness (QED) is 0.918. The Bertz CT molecular complexity index is 560. The molecule has 0 saturated heterocycles. The molecular formula is C14H12Cl2FNO. The molecule has 2 nitrogen and oxygen atoms in total. The molecule has 0 saturated carbocycles. The van der Waals surface area contributed by atoms with Gasteiger partial charge in [-0.05, 0) is 29.8 Å². The number of ether oxygens (including phenoxy) is 1. The van der Waals surface area contributed by atoms with E-state index in [1.165, 1.54) is 18.2 Å². The van der Waals surface area contributed by atoms with Crippen molar-refractivity contribution in [3.63, 3.8) is 0 Å². The second kappa shape index (κ2) is 6.24. The summed E-state index contributed by atoms with van der Waals surface area (Å²) < 4.78 is 18.8. The summed E-state index contributed by atoms with van der Waals surface area (Å²) in [4.78, 5) is 0. The fraction of sp³-hybridized carbons (Fsp3) is 0.143. The van der Waals surface area contributed by atoms with Crippen molar-refractivity contribution in [3.8, 4) is 5.75 Å². The van der Waals surface area contributed by atoms with Crippen molar-refractivity contribution in [2.24, 2.45) is 5.73 Å². The van der Waals surface area contributed by atoms with Crippen LogP contribution in [0, 0.1) is 5.82 Å².